The number of hydrogen-bond donors (Lipinski definition) is 1. The summed E-state index contributed by atoms with van der Waals surface area (Å²) in [6.45, 7) is 2.02. The first-order chi connectivity index (χ1) is 8.18. The summed E-state index contributed by atoms with van der Waals surface area (Å²) in [6.07, 6.45) is 5.34. The highest BCUT2D eigenvalue weighted by molar-refractivity contribution is 5.49. The van der Waals surface area contributed by atoms with E-state index in [9.17, 15) is 8.78 Å². The number of ether oxygens (including phenoxy) is 1. The SMILES string of the molecule is Cc1ccc(F)c(NCC2CCC=CO2)c1F. The van der Waals surface area contributed by atoms with E-state index in [2.05, 4.69) is 5.32 Å². The maximum absolute atomic E-state index is 13.7. The summed E-state index contributed by atoms with van der Waals surface area (Å²) < 4.78 is 32.4. The standard InChI is InChI=1S/C13H15F2NO/c1-9-5-6-11(14)13(12(9)15)16-8-10-4-2-3-7-17-10/h3,5-7,10,16H,2,4,8H2,1H3. The van der Waals surface area contributed by atoms with Crippen molar-refractivity contribution in [3.05, 3.63) is 41.7 Å². The molecule has 1 N–H and O–H groups in total. The molecule has 1 aromatic rings. The van der Waals surface area contributed by atoms with Gasteiger partial charge in [-0.1, -0.05) is 6.07 Å². The molecule has 0 saturated heterocycles. The van der Waals surface area contributed by atoms with Crippen molar-refractivity contribution in [1.82, 2.24) is 0 Å². The molecular formula is C13H15F2NO. The first-order valence-corrected chi connectivity index (χ1v) is 5.67. The van der Waals surface area contributed by atoms with Gasteiger partial charge in [-0.2, -0.15) is 0 Å². The molecule has 0 radical (unpaired) electrons. The number of rotatable bonds is 3. The van der Waals surface area contributed by atoms with Crippen molar-refractivity contribution in [2.45, 2.75) is 25.9 Å². The molecule has 92 valence electrons. The number of hydrogen-bond acceptors (Lipinski definition) is 2. The predicted molar refractivity (Wildman–Crippen MR) is 62.8 cm³/mol. The molecule has 1 aromatic carbocycles. The van der Waals surface area contributed by atoms with Gasteiger partial charge in [-0.3, -0.25) is 0 Å². The van der Waals surface area contributed by atoms with Gasteiger partial charge in [0.2, 0.25) is 0 Å². The molecule has 1 aliphatic heterocycles. The van der Waals surface area contributed by atoms with Gasteiger partial charge in [0, 0.05) is 0 Å². The predicted octanol–water partition coefficient (Wildman–Crippen LogP) is 3.38. The fourth-order valence-corrected chi connectivity index (χ4v) is 1.77. The van der Waals surface area contributed by atoms with E-state index < -0.39 is 11.6 Å². The third-order valence-electron chi connectivity index (χ3n) is 2.81. The van der Waals surface area contributed by atoms with Gasteiger partial charge in [0.15, 0.2) is 5.82 Å². The molecule has 4 heteroatoms. The van der Waals surface area contributed by atoms with Crippen LogP contribution in [0.15, 0.2) is 24.5 Å². The largest absolute Gasteiger partial charge is 0.497 e. The van der Waals surface area contributed by atoms with Gasteiger partial charge in [-0.05, 0) is 37.5 Å². The second kappa shape index (κ2) is 5.17. The fraction of sp³-hybridized carbons (Fsp3) is 0.385. The molecule has 2 rings (SSSR count). The molecule has 1 aliphatic rings. The first-order valence-electron chi connectivity index (χ1n) is 5.67. The molecule has 1 atom stereocenters. The average molecular weight is 239 g/mol. The van der Waals surface area contributed by atoms with Crippen molar-refractivity contribution in [2.24, 2.45) is 0 Å². The Balaban J connectivity index is 2.03. The van der Waals surface area contributed by atoms with Gasteiger partial charge in [0.1, 0.15) is 17.6 Å². The van der Waals surface area contributed by atoms with Gasteiger partial charge in [-0.15, -0.1) is 0 Å². The first kappa shape index (κ1) is 11.9. The molecule has 0 spiro atoms. The zero-order valence-electron chi connectivity index (χ0n) is 9.67. The lowest BCUT2D eigenvalue weighted by molar-refractivity contribution is 0.135. The van der Waals surface area contributed by atoms with Crippen LogP contribution in [0.5, 0.6) is 0 Å². The van der Waals surface area contributed by atoms with Crippen LogP contribution in [-0.4, -0.2) is 12.6 Å². The smallest absolute Gasteiger partial charge is 0.152 e. The molecular weight excluding hydrogens is 224 g/mol. The van der Waals surface area contributed by atoms with E-state index in [0.717, 1.165) is 12.8 Å². The third kappa shape index (κ3) is 2.75. The van der Waals surface area contributed by atoms with Crippen molar-refractivity contribution < 1.29 is 13.5 Å². The average Bonchev–Trinajstić information content (AvgIpc) is 2.35. The van der Waals surface area contributed by atoms with Gasteiger partial charge in [-0.25, -0.2) is 8.78 Å². The highest BCUT2D eigenvalue weighted by Gasteiger charge is 2.15. The maximum Gasteiger partial charge on any atom is 0.152 e. The van der Waals surface area contributed by atoms with E-state index in [-0.39, 0.29) is 11.8 Å². The zero-order valence-corrected chi connectivity index (χ0v) is 9.67. The maximum atomic E-state index is 13.7. The molecule has 0 fully saturated rings. The van der Waals surface area contributed by atoms with Crippen molar-refractivity contribution in [3.8, 4) is 0 Å². The van der Waals surface area contributed by atoms with Crippen LogP contribution in [0, 0.1) is 18.6 Å². The minimum atomic E-state index is -0.570. The fourth-order valence-electron chi connectivity index (χ4n) is 1.77. The Hall–Kier alpha value is -1.58. The zero-order chi connectivity index (χ0) is 12.3. The van der Waals surface area contributed by atoms with Crippen molar-refractivity contribution >= 4 is 5.69 Å². The van der Waals surface area contributed by atoms with E-state index in [0.29, 0.717) is 12.1 Å². The molecule has 1 heterocycles. The molecule has 1 unspecified atom stereocenters. The van der Waals surface area contributed by atoms with E-state index in [1.165, 1.54) is 12.1 Å². The summed E-state index contributed by atoms with van der Waals surface area (Å²) >= 11 is 0. The van der Waals surface area contributed by atoms with Crippen LogP contribution in [0.2, 0.25) is 0 Å². The van der Waals surface area contributed by atoms with Crippen LogP contribution in [0.1, 0.15) is 18.4 Å². The minimum Gasteiger partial charge on any atom is -0.497 e. The number of anilines is 1. The molecule has 2 nitrogen and oxygen atoms in total. The van der Waals surface area contributed by atoms with Gasteiger partial charge in [0.05, 0.1) is 12.8 Å². The van der Waals surface area contributed by atoms with Crippen LogP contribution in [-0.2, 0) is 4.74 Å². The summed E-state index contributed by atoms with van der Waals surface area (Å²) in [6, 6.07) is 2.69. The van der Waals surface area contributed by atoms with Gasteiger partial charge in [0.25, 0.3) is 0 Å². The lowest BCUT2D eigenvalue weighted by Crippen LogP contribution is -2.23. The van der Waals surface area contributed by atoms with Crippen molar-refractivity contribution in [1.29, 1.82) is 0 Å². The highest BCUT2D eigenvalue weighted by atomic mass is 19.1. The summed E-state index contributed by atoms with van der Waals surface area (Å²) in [5, 5.41) is 2.78. The number of halogens is 2. The Morgan fingerprint density at radius 1 is 1.41 bits per heavy atom. The van der Waals surface area contributed by atoms with Crippen molar-refractivity contribution in [3.63, 3.8) is 0 Å². The topological polar surface area (TPSA) is 21.3 Å². The normalized spacial score (nSPS) is 18.9. The Kier molecular flexibility index (Phi) is 3.61. The summed E-state index contributed by atoms with van der Waals surface area (Å²) in [5.41, 5.74) is 0.363. The summed E-state index contributed by atoms with van der Waals surface area (Å²) in [5.74, 6) is -1.10. The monoisotopic (exact) mass is 239 g/mol. The summed E-state index contributed by atoms with van der Waals surface area (Å²) in [4.78, 5) is 0. The Morgan fingerprint density at radius 2 is 2.24 bits per heavy atom. The number of benzene rings is 1. The van der Waals surface area contributed by atoms with Crippen LogP contribution in [0.4, 0.5) is 14.5 Å². The second-order valence-electron chi connectivity index (χ2n) is 4.14. The molecule has 0 saturated carbocycles. The molecule has 0 aromatic heterocycles. The van der Waals surface area contributed by atoms with E-state index in [1.54, 1.807) is 13.2 Å². The van der Waals surface area contributed by atoms with Crippen LogP contribution in [0.25, 0.3) is 0 Å². The Labute approximate surface area is 99.3 Å². The van der Waals surface area contributed by atoms with E-state index in [1.807, 2.05) is 6.08 Å². The van der Waals surface area contributed by atoms with Crippen LogP contribution < -0.4 is 5.32 Å². The molecule has 0 bridgehead atoms. The van der Waals surface area contributed by atoms with E-state index >= 15 is 0 Å². The number of aryl methyl sites for hydroxylation is 1. The van der Waals surface area contributed by atoms with Crippen LogP contribution >= 0.6 is 0 Å². The number of nitrogens with one attached hydrogen (secondary N) is 1. The highest BCUT2D eigenvalue weighted by Crippen LogP contribution is 2.22. The molecule has 0 amide bonds. The quantitative estimate of drug-likeness (QED) is 0.873. The number of allylic oxidation sites excluding steroid dienone is 1. The Bertz CT molecular complexity index is 432. The lowest BCUT2D eigenvalue weighted by atomic mass is 10.1. The van der Waals surface area contributed by atoms with Crippen LogP contribution in [0.3, 0.4) is 0 Å². The molecule has 17 heavy (non-hydrogen) atoms. The van der Waals surface area contributed by atoms with Gasteiger partial charge < -0.3 is 10.1 Å². The van der Waals surface area contributed by atoms with Gasteiger partial charge >= 0.3 is 0 Å². The Morgan fingerprint density at radius 3 is 2.94 bits per heavy atom. The second-order valence-corrected chi connectivity index (χ2v) is 4.14. The lowest BCUT2D eigenvalue weighted by Gasteiger charge is -2.20. The minimum absolute atomic E-state index is 0.0284. The van der Waals surface area contributed by atoms with E-state index in [4.69, 9.17) is 4.74 Å². The van der Waals surface area contributed by atoms with Crippen molar-refractivity contribution in [2.75, 3.05) is 11.9 Å². The third-order valence-corrected chi connectivity index (χ3v) is 2.81. The summed E-state index contributed by atoms with van der Waals surface area (Å²) in [7, 11) is 0. The molecule has 0 aliphatic carbocycles.